The van der Waals surface area contributed by atoms with Gasteiger partial charge in [-0.25, -0.2) is 0 Å². The number of nitrogens with zero attached hydrogens (tertiary/aromatic N) is 1. The van der Waals surface area contributed by atoms with E-state index in [0.717, 1.165) is 9.13 Å². The Kier molecular flexibility index (Phi) is 3.00. The van der Waals surface area contributed by atoms with E-state index in [9.17, 15) is 0 Å². The van der Waals surface area contributed by atoms with Gasteiger partial charge in [-0.1, -0.05) is 0 Å². The summed E-state index contributed by atoms with van der Waals surface area (Å²) in [7, 11) is 0. The molecule has 2 aromatic rings. The molecule has 14 heavy (non-hydrogen) atoms. The van der Waals surface area contributed by atoms with Crippen molar-refractivity contribution in [2.24, 2.45) is 0 Å². The molecule has 2 rings (SSSR count). The molecule has 1 aromatic heterocycles. The molecule has 0 N–H and O–H groups in total. The minimum Gasteiger partial charge on any atom is -0.192 e. The Morgan fingerprint density at radius 1 is 1.43 bits per heavy atom. The van der Waals surface area contributed by atoms with Crippen molar-refractivity contribution in [1.29, 1.82) is 5.26 Å². The number of nitriles is 1. The summed E-state index contributed by atoms with van der Waals surface area (Å²) in [6, 6.07) is 8.39. The Labute approximate surface area is 104 Å². The molecule has 0 atom stereocenters. The summed E-state index contributed by atoms with van der Waals surface area (Å²) in [6.45, 7) is 0. The number of hydrogen-bond acceptors (Lipinski definition) is 3. The summed E-state index contributed by atoms with van der Waals surface area (Å²) in [5, 5.41) is 10.1. The summed E-state index contributed by atoms with van der Waals surface area (Å²) in [5.74, 6) is 0. The van der Waals surface area contributed by atoms with Crippen LogP contribution >= 0.6 is 45.7 Å². The minimum atomic E-state index is 0.767. The fraction of sp³-hybridized carbons (Fsp3) is 0.100. The highest BCUT2D eigenvalue weighted by molar-refractivity contribution is 14.1. The molecule has 0 unspecified atom stereocenters. The predicted octanol–water partition coefficient (Wildman–Crippen LogP) is 4.10. The van der Waals surface area contributed by atoms with Gasteiger partial charge in [-0.3, -0.25) is 0 Å². The van der Waals surface area contributed by atoms with Gasteiger partial charge in [0.1, 0.15) is 6.07 Å². The fourth-order valence-corrected chi connectivity index (χ4v) is 3.69. The van der Waals surface area contributed by atoms with Crippen molar-refractivity contribution in [1.82, 2.24) is 0 Å². The zero-order valence-corrected chi connectivity index (χ0v) is 11.2. The van der Waals surface area contributed by atoms with Crippen LogP contribution < -0.4 is 0 Å². The van der Waals surface area contributed by atoms with Gasteiger partial charge in [-0.2, -0.15) is 5.26 Å². The highest BCUT2D eigenvalue weighted by Gasteiger charge is 2.05. The van der Waals surface area contributed by atoms with Crippen molar-refractivity contribution in [3.8, 4) is 6.07 Å². The molecule has 0 aliphatic heterocycles. The molecule has 70 valence electrons. The van der Waals surface area contributed by atoms with Crippen LogP contribution in [0.2, 0.25) is 0 Å². The van der Waals surface area contributed by atoms with Crippen LogP contribution in [0.1, 0.15) is 5.56 Å². The Hall–Kier alpha value is -0.250. The molecule has 0 spiro atoms. The van der Waals surface area contributed by atoms with E-state index < -0.39 is 0 Å². The summed E-state index contributed by atoms with van der Waals surface area (Å²) in [6.07, 6.45) is 2.07. The first-order valence-corrected chi connectivity index (χ1v) is 7.04. The number of benzene rings is 1. The van der Waals surface area contributed by atoms with E-state index >= 15 is 0 Å². The largest absolute Gasteiger partial charge is 0.192 e. The molecule has 0 radical (unpaired) electrons. The lowest BCUT2D eigenvalue weighted by Gasteiger charge is -1.94. The Bertz CT molecular complexity index is 525. The van der Waals surface area contributed by atoms with Crippen molar-refractivity contribution >= 4 is 55.8 Å². The molecule has 0 saturated heterocycles. The van der Waals surface area contributed by atoms with Gasteiger partial charge in [0.05, 0.1) is 9.77 Å². The van der Waals surface area contributed by atoms with Gasteiger partial charge in [0.2, 0.25) is 0 Å². The molecular weight excluding hydrogens is 325 g/mol. The van der Waals surface area contributed by atoms with Crippen LogP contribution in [-0.2, 0) is 0 Å². The monoisotopic (exact) mass is 331 g/mol. The minimum absolute atomic E-state index is 0.767. The molecule has 0 aliphatic carbocycles. The molecule has 1 nitrogen and oxygen atoms in total. The predicted molar refractivity (Wildman–Crippen MR) is 71.0 cm³/mol. The lowest BCUT2D eigenvalue weighted by atomic mass is 10.2. The van der Waals surface area contributed by atoms with E-state index in [0.29, 0.717) is 0 Å². The highest BCUT2D eigenvalue weighted by Crippen LogP contribution is 2.33. The average Bonchev–Trinajstić information content (AvgIpc) is 2.58. The third-order valence-electron chi connectivity index (χ3n) is 1.91. The van der Waals surface area contributed by atoms with Gasteiger partial charge in [-0.05, 0) is 52.4 Å². The zero-order valence-electron chi connectivity index (χ0n) is 7.37. The lowest BCUT2D eigenvalue weighted by Crippen LogP contribution is -1.78. The summed E-state index contributed by atoms with van der Waals surface area (Å²) >= 11 is 5.73. The van der Waals surface area contributed by atoms with E-state index in [1.807, 2.05) is 6.07 Å². The van der Waals surface area contributed by atoms with Crippen LogP contribution in [0.15, 0.2) is 22.4 Å². The van der Waals surface area contributed by atoms with Crippen molar-refractivity contribution in [2.45, 2.75) is 4.21 Å². The van der Waals surface area contributed by atoms with Crippen molar-refractivity contribution in [2.75, 3.05) is 6.26 Å². The topological polar surface area (TPSA) is 23.8 Å². The normalized spacial score (nSPS) is 10.4. The Balaban J connectivity index is 2.71. The second kappa shape index (κ2) is 4.09. The number of thioether (sulfide) groups is 1. The fourth-order valence-electron chi connectivity index (χ4n) is 1.22. The maximum absolute atomic E-state index is 8.89. The molecule has 0 aliphatic rings. The summed E-state index contributed by atoms with van der Waals surface area (Å²) in [5.41, 5.74) is 0.767. The number of rotatable bonds is 1. The van der Waals surface area contributed by atoms with Gasteiger partial charge < -0.3 is 0 Å². The Morgan fingerprint density at radius 3 is 2.86 bits per heavy atom. The molecule has 4 heteroatoms. The molecular formula is C10H6INS2. The first kappa shape index (κ1) is 10.3. The van der Waals surface area contributed by atoms with Crippen LogP contribution in [0, 0.1) is 14.9 Å². The van der Waals surface area contributed by atoms with Crippen molar-refractivity contribution < 1.29 is 0 Å². The SMILES string of the molecule is CSc1cc2cc(C#N)c(I)cc2s1. The van der Waals surface area contributed by atoms with E-state index in [2.05, 4.69) is 47.0 Å². The molecule has 1 aromatic carbocycles. The number of fused-ring (bicyclic) bond motifs is 1. The van der Waals surface area contributed by atoms with E-state index in [1.165, 1.54) is 14.3 Å². The maximum Gasteiger partial charge on any atom is 0.100 e. The Morgan fingerprint density at radius 2 is 2.21 bits per heavy atom. The van der Waals surface area contributed by atoms with Crippen molar-refractivity contribution in [3.63, 3.8) is 0 Å². The van der Waals surface area contributed by atoms with Gasteiger partial charge in [-0.15, -0.1) is 23.1 Å². The van der Waals surface area contributed by atoms with Gasteiger partial charge in [0.25, 0.3) is 0 Å². The summed E-state index contributed by atoms with van der Waals surface area (Å²) in [4.78, 5) is 0. The number of halogens is 1. The highest BCUT2D eigenvalue weighted by atomic mass is 127. The van der Waals surface area contributed by atoms with E-state index in [-0.39, 0.29) is 0 Å². The second-order valence-electron chi connectivity index (χ2n) is 2.75. The van der Waals surface area contributed by atoms with Crippen LogP contribution in [0.5, 0.6) is 0 Å². The molecule has 0 amide bonds. The van der Waals surface area contributed by atoms with Crippen LogP contribution in [-0.4, -0.2) is 6.26 Å². The third kappa shape index (κ3) is 1.76. The molecule has 0 fully saturated rings. The molecule has 0 bridgehead atoms. The first-order chi connectivity index (χ1) is 6.74. The summed E-state index contributed by atoms with van der Waals surface area (Å²) < 4.78 is 3.59. The first-order valence-electron chi connectivity index (χ1n) is 3.92. The zero-order chi connectivity index (χ0) is 10.1. The molecule has 0 saturated carbocycles. The average molecular weight is 331 g/mol. The van der Waals surface area contributed by atoms with Crippen LogP contribution in [0.4, 0.5) is 0 Å². The smallest absolute Gasteiger partial charge is 0.100 e. The quantitative estimate of drug-likeness (QED) is 0.580. The van der Waals surface area contributed by atoms with Gasteiger partial charge >= 0.3 is 0 Å². The van der Waals surface area contributed by atoms with Crippen LogP contribution in [0.3, 0.4) is 0 Å². The number of hydrogen-bond donors (Lipinski definition) is 0. The van der Waals surface area contributed by atoms with Crippen LogP contribution in [0.25, 0.3) is 10.1 Å². The van der Waals surface area contributed by atoms with E-state index in [1.54, 1.807) is 23.1 Å². The van der Waals surface area contributed by atoms with Crippen molar-refractivity contribution in [3.05, 3.63) is 27.3 Å². The van der Waals surface area contributed by atoms with Gasteiger partial charge in [0, 0.05) is 8.27 Å². The third-order valence-corrected chi connectivity index (χ3v) is 4.96. The maximum atomic E-state index is 8.89. The molecule has 1 heterocycles. The second-order valence-corrected chi connectivity index (χ2v) is 6.10. The van der Waals surface area contributed by atoms with E-state index in [4.69, 9.17) is 5.26 Å². The van der Waals surface area contributed by atoms with Gasteiger partial charge in [0.15, 0.2) is 0 Å². The number of thiophene rings is 1. The lowest BCUT2D eigenvalue weighted by molar-refractivity contribution is 1.48. The standard InChI is InChI=1S/C10H6INS2/c1-13-10-3-6-2-7(5-12)8(11)4-9(6)14-10/h2-4H,1H3.